The van der Waals surface area contributed by atoms with Gasteiger partial charge in [-0.25, -0.2) is 4.98 Å². The summed E-state index contributed by atoms with van der Waals surface area (Å²) in [5, 5.41) is 13.5. The van der Waals surface area contributed by atoms with Crippen LogP contribution in [0.15, 0.2) is 35.8 Å². The maximum atomic E-state index is 10.4. The van der Waals surface area contributed by atoms with Crippen LogP contribution < -0.4 is 0 Å². The number of aliphatic hydroxyl groups is 1. The molecule has 1 heterocycles. The minimum Gasteiger partial charge on any atom is -0.387 e. The summed E-state index contributed by atoms with van der Waals surface area (Å²) in [4.78, 5) is 6.49. The van der Waals surface area contributed by atoms with Gasteiger partial charge in [-0.15, -0.1) is 11.3 Å². The molecule has 3 nitrogen and oxygen atoms in total. The van der Waals surface area contributed by atoms with Crippen molar-refractivity contribution in [2.24, 2.45) is 0 Å². The summed E-state index contributed by atoms with van der Waals surface area (Å²) in [6.45, 7) is 0.799. The quantitative estimate of drug-likeness (QED) is 0.919. The summed E-state index contributed by atoms with van der Waals surface area (Å²) in [5.74, 6) is 0. The Bertz CT molecular complexity index is 526. The van der Waals surface area contributed by atoms with Crippen LogP contribution in [0.4, 0.5) is 0 Å². The highest BCUT2D eigenvalue weighted by Crippen LogP contribution is 2.34. The lowest BCUT2D eigenvalue weighted by molar-refractivity contribution is 0.0721. The second-order valence-corrected chi connectivity index (χ2v) is 5.74. The normalized spacial score (nSPS) is 22.4. The Hall–Kier alpha value is -1.23. The fraction of sp³-hybridized carbons (Fsp3) is 0.357. The fourth-order valence-electron chi connectivity index (χ4n) is 2.61. The number of likely N-dealkylation sites (N-methyl/N-ethyl adjacent to an activating group) is 1. The lowest BCUT2D eigenvalue weighted by Crippen LogP contribution is -2.34. The Morgan fingerprint density at radius 2 is 2.28 bits per heavy atom. The molecule has 0 saturated carbocycles. The third-order valence-corrected chi connectivity index (χ3v) is 4.37. The molecular formula is C14H16N2OS. The van der Waals surface area contributed by atoms with Crippen molar-refractivity contribution in [1.82, 2.24) is 9.88 Å². The number of benzene rings is 1. The molecule has 0 amide bonds. The minimum atomic E-state index is -0.383. The molecule has 3 rings (SSSR count). The molecule has 0 spiro atoms. The highest BCUT2D eigenvalue weighted by Gasteiger charge is 2.33. The molecule has 1 N–H and O–H groups in total. The van der Waals surface area contributed by atoms with E-state index >= 15 is 0 Å². The molecule has 2 atom stereocenters. The monoisotopic (exact) mass is 260 g/mol. The first kappa shape index (κ1) is 11.8. The topological polar surface area (TPSA) is 36.4 Å². The third kappa shape index (κ3) is 2.07. The molecule has 0 fully saturated rings. The first-order valence-corrected chi connectivity index (χ1v) is 6.98. The van der Waals surface area contributed by atoms with Gasteiger partial charge in [0.05, 0.1) is 12.6 Å². The number of aliphatic hydroxyl groups excluding tert-OH is 1. The van der Waals surface area contributed by atoms with E-state index in [4.69, 9.17) is 0 Å². The number of hydrogen-bond acceptors (Lipinski definition) is 4. The van der Waals surface area contributed by atoms with E-state index in [2.05, 4.69) is 23.0 Å². The van der Waals surface area contributed by atoms with Crippen LogP contribution in [0.3, 0.4) is 0 Å². The van der Waals surface area contributed by atoms with E-state index < -0.39 is 0 Å². The highest BCUT2D eigenvalue weighted by molar-refractivity contribution is 7.09. The molecule has 0 radical (unpaired) electrons. The molecule has 18 heavy (non-hydrogen) atoms. The molecule has 2 aromatic rings. The standard InChI is InChI=1S/C14H16N2OS/c1-16(9-13-15-6-7-18-13)12-8-10-4-2-3-5-11(10)14(12)17/h2-7,12,14,17H,8-9H2,1H3. The smallest absolute Gasteiger partial charge is 0.107 e. The van der Waals surface area contributed by atoms with Crippen LogP contribution in [0.5, 0.6) is 0 Å². The van der Waals surface area contributed by atoms with Crippen molar-refractivity contribution in [3.8, 4) is 0 Å². The predicted octanol–water partition coefficient (Wildman–Crippen LogP) is 2.23. The van der Waals surface area contributed by atoms with Crippen LogP contribution in [-0.4, -0.2) is 28.1 Å². The number of fused-ring (bicyclic) bond motifs is 1. The number of hydrogen-bond donors (Lipinski definition) is 1. The molecule has 1 aromatic carbocycles. The maximum Gasteiger partial charge on any atom is 0.107 e. The van der Waals surface area contributed by atoms with Crippen LogP contribution in [0.2, 0.25) is 0 Å². The van der Waals surface area contributed by atoms with E-state index in [9.17, 15) is 5.11 Å². The molecule has 2 unspecified atom stereocenters. The van der Waals surface area contributed by atoms with Gasteiger partial charge in [0.2, 0.25) is 0 Å². The summed E-state index contributed by atoms with van der Waals surface area (Å²) in [5.41, 5.74) is 2.34. The molecule has 0 saturated heterocycles. The largest absolute Gasteiger partial charge is 0.387 e. The number of thiazole rings is 1. The number of aromatic nitrogens is 1. The molecule has 1 aromatic heterocycles. The molecular weight excluding hydrogens is 244 g/mol. The van der Waals surface area contributed by atoms with Gasteiger partial charge < -0.3 is 5.11 Å². The first-order valence-electron chi connectivity index (χ1n) is 6.10. The van der Waals surface area contributed by atoms with Crippen molar-refractivity contribution in [2.45, 2.75) is 25.1 Å². The van der Waals surface area contributed by atoms with E-state index in [-0.39, 0.29) is 12.1 Å². The zero-order valence-corrected chi connectivity index (χ0v) is 11.1. The van der Waals surface area contributed by atoms with Gasteiger partial charge >= 0.3 is 0 Å². The van der Waals surface area contributed by atoms with Crippen molar-refractivity contribution in [3.63, 3.8) is 0 Å². The Morgan fingerprint density at radius 1 is 1.44 bits per heavy atom. The van der Waals surface area contributed by atoms with Crippen molar-refractivity contribution in [2.75, 3.05) is 7.05 Å². The van der Waals surface area contributed by atoms with Crippen LogP contribution in [-0.2, 0) is 13.0 Å². The van der Waals surface area contributed by atoms with Gasteiger partial charge in [-0.05, 0) is 24.6 Å². The summed E-state index contributed by atoms with van der Waals surface area (Å²) in [7, 11) is 2.06. The van der Waals surface area contributed by atoms with Crippen LogP contribution >= 0.6 is 11.3 Å². The van der Waals surface area contributed by atoms with E-state index in [1.54, 1.807) is 11.3 Å². The Balaban J connectivity index is 1.75. The fourth-order valence-corrected chi connectivity index (χ4v) is 3.29. The molecule has 4 heteroatoms. The van der Waals surface area contributed by atoms with Crippen LogP contribution in [0, 0.1) is 0 Å². The van der Waals surface area contributed by atoms with Crippen molar-refractivity contribution in [3.05, 3.63) is 52.0 Å². The molecule has 0 aliphatic heterocycles. The van der Waals surface area contributed by atoms with Crippen LogP contribution in [0.1, 0.15) is 22.2 Å². The van der Waals surface area contributed by atoms with Gasteiger partial charge in [-0.3, -0.25) is 4.90 Å². The molecule has 1 aliphatic carbocycles. The average Bonchev–Trinajstić information content (AvgIpc) is 2.98. The minimum absolute atomic E-state index is 0.159. The highest BCUT2D eigenvalue weighted by atomic mass is 32.1. The lowest BCUT2D eigenvalue weighted by Gasteiger charge is -2.26. The molecule has 0 bridgehead atoms. The zero-order valence-electron chi connectivity index (χ0n) is 10.3. The van der Waals surface area contributed by atoms with E-state index in [1.807, 2.05) is 29.8 Å². The number of nitrogens with zero attached hydrogens (tertiary/aromatic N) is 2. The van der Waals surface area contributed by atoms with Crippen molar-refractivity contribution >= 4 is 11.3 Å². The SMILES string of the molecule is CN(Cc1nccs1)C1Cc2ccccc2C1O. The van der Waals surface area contributed by atoms with Gasteiger partial charge in [-0.1, -0.05) is 24.3 Å². The first-order chi connectivity index (χ1) is 8.75. The van der Waals surface area contributed by atoms with Crippen molar-refractivity contribution in [1.29, 1.82) is 0 Å². The van der Waals surface area contributed by atoms with E-state index in [0.717, 1.165) is 23.5 Å². The predicted molar refractivity (Wildman–Crippen MR) is 72.5 cm³/mol. The summed E-state index contributed by atoms with van der Waals surface area (Å²) >= 11 is 1.66. The second kappa shape index (κ2) is 4.80. The summed E-state index contributed by atoms with van der Waals surface area (Å²) in [6, 6.07) is 8.32. The second-order valence-electron chi connectivity index (χ2n) is 4.76. The van der Waals surface area contributed by atoms with Gasteiger partial charge in [0, 0.05) is 17.6 Å². The van der Waals surface area contributed by atoms with Gasteiger partial charge in [0.1, 0.15) is 5.01 Å². The van der Waals surface area contributed by atoms with Crippen LogP contribution in [0.25, 0.3) is 0 Å². The lowest BCUT2D eigenvalue weighted by atomic mass is 10.1. The van der Waals surface area contributed by atoms with Gasteiger partial charge in [-0.2, -0.15) is 0 Å². The Morgan fingerprint density at radius 3 is 3.00 bits per heavy atom. The summed E-state index contributed by atoms with van der Waals surface area (Å²) in [6.07, 6.45) is 2.36. The summed E-state index contributed by atoms with van der Waals surface area (Å²) < 4.78 is 0. The van der Waals surface area contributed by atoms with Crippen molar-refractivity contribution < 1.29 is 5.11 Å². The third-order valence-electron chi connectivity index (χ3n) is 3.60. The van der Waals surface area contributed by atoms with Gasteiger partial charge in [0.15, 0.2) is 0 Å². The van der Waals surface area contributed by atoms with Gasteiger partial charge in [0.25, 0.3) is 0 Å². The van der Waals surface area contributed by atoms with E-state index in [0.29, 0.717) is 0 Å². The Labute approximate surface area is 111 Å². The Kier molecular flexibility index (Phi) is 3.16. The average molecular weight is 260 g/mol. The van der Waals surface area contributed by atoms with E-state index in [1.165, 1.54) is 5.56 Å². The number of rotatable bonds is 3. The maximum absolute atomic E-state index is 10.4. The zero-order chi connectivity index (χ0) is 12.5. The molecule has 1 aliphatic rings. The molecule has 94 valence electrons.